The minimum atomic E-state index is -0.513. The van der Waals surface area contributed by atoms with Crippen LogP contribution in [0.3, 0.4) is 0 Å². The SMILES string of the molecule is Cc1ccc(-c2cc(C(=O)Cl)c3cccc(Cl)c3n2)c(C)c1. The number of carbonyl (C=O) groups is 1. The Hall–Kier alpha value is -1.90. The monoisotopic (exact) mass is 329 g/mol. The number of hydrogen-bond donors (Lipinski definition) is 0. The van der Waals surface area contributed by atoms with Crippen LogP contribution in [0.1, 0.15) is 21.5 Å². The molecule has 0 aliphatic rings. The van der Waals surface area contributed by atoms with E-state index in [2.05, 4.69) is 11.1 Å². The van der Waals surface area contributed by atoms with Gasteiger partial charge in [-0.2, -0.15) is 0 Å². The molecule has 4 heteroatoms. The van der Waals surface area contributed by atoms with E-state index in [9.17, 15) is 4.79 Å². The van der Waals surface area contributed by atoms with Crippen molar-refractivity contribution >= 4 is 39.3 Å². The summed E-state index contributed by atoms with van der Waals surface area (Å²) in [6.07, 6.45) is 0. The van der Waals surface area contributed by atoms with E-state index in [1.54, 1.807) is 24.3 Å². The van der Waals surface area contributed by atoms with Gasteiger partial charge in [0.05, 0.1) is 16.2 Å². The van der Waals surface area contributed by atoms with E-state index in [1.807, 2.05) is 26.0 Å². The van der Waals surface area contributed by atoms with Gasteiger partial charge >= 0.3 is 0 Å². The highest BCUT2D eigenvalue weighted by molar-refractivity contribution is 6.68. The molecule has 0 saturated heterocycles. The largest absolute Gasteiger partial charge is 0.276 e. The zero-order valence-electron chi connectivity index (χ0n) is 12.2. The van der Waals surface area contributed by atoms with Crippen molar-refractivity contribution in [3.05, 3.63) is 64.2 Å². The van der Waals surface area contributed by atoms with Crippen molar-refractivity contribution in [3.8, 4) is 11.3 Å². The summed E-state index contributed by atoms with van der Waals surface area (Å²) in [5.74, 6) is 0. The van der Waals surface area contributed by atoms with E-state index in [-0.39, 0.29) is 0 Å². The first-order chi connectivity index (χ1) is 10.5. The number of rotatable bonds is 2. The molecule has 0 unspecified atom stereocenters. The third kappa shape index (κ3) is 2.60. The van der Waals surface area contributed by atoms with E-state index in [0.717, 1.165) is 11.1 Å². The molecule has 1 heterocycles. The van der Waals surface area contributed by atoms with Crippen LogP contribution in [-0.2, 0) is 0 Å². The first-order valence-corrected chi connectivity index (χ1v) is 7.59. The molecular weight excluding hydrogens is 317 g/mol. The second kappa shape index (κ2) is 5.71. The van der Waals surface area contributed by atoms with Gasteiger partial charge in [-0.15, -0.1) is 0 Å². The fourth-order valence-electron chi connectivity index (χ4n) is 2.62. The summed E-state index contributed by atoms with van der Waals surface area (Å²) in [5.41, 5.74) is 4.93. The molecule has 3 rings (SSSR count). The molecule has 2 aromatic carbocycles. The maximum atomic E-state index is 11.8. The van der Waals surface area contributed by atoms with Gasteiger partial charge in [0, 0.05) is 16.5 Å². The number of nitrogens with zero attached hydrogens (tertiary/aromatic N) is 1. The molecule has 110 valence electrons. The first-order valence-electron chi connectivity index (χ1n) is 6.84. The standard InChI is InChI=1S/C18H13Cl2NO/c1-10-6-7-12(11(2)8-10)16-9-14(18(20)22)13-4-3-5-15(19)17(13)21-16/h3-9H,1-2H3. The van der Waals surface area contributed by atoms with Crippen LogP contribution in [0.4, 0.5) is 0 Å². The number of aromatic nitrogens is 1. The molecule has 22 heavy (non-hydrogen) atoms. The van der Waals surface area contributed by atoms with E-state index in [1.165, 1.54) is 5.56 Å². The van der Waals surface area contributed by atoms with Gasteiger partial charge in [0.1, 0.15) is 0 Å². The minimum Gasteiger partial charge on any atom is -0.276 e. The zero-order chi connectivity index (χ0) is 15.9. The molecule has 2 nitrogen and oxygen atoms in total. The summed E-state index contributed by atoms with van der Waals surface area (Å²) < 4.78 is 0. The van der Waals surface area contributed by atoms with Crippen LogP contribution in [0.5, 0.6) is 0 Å². The Kier molecular flexibility index (Phi) is 3.90. The Balaban J connectivity index is 2.36. The molecule has 0 bridgehead atoms. The quantitative estimate of drug-likeness (QED) is 0.577. The van der Waals surface area contributed by atoms with Crippen LogP contribution in [0.15, 0.2) is 42.5 Å². The van der Waals surface area contributed by atoms with Crippen molar-refractivity contribution in [2.45, 2.75) is 13.8 Å². The third-order valence-corrected chi connectivity index (χ3v) is 4.17. The molecule has 0 saturated carbocycles. The Morgan fingerprint density at radius 2 is 1.86 bits per heavy atom. The number of hydrogen-bond acceptors (Lipinski definition) is 2. The summed E-state index contributed by atoms with van der Waals surface area (Å²) in [4.78, 5) is 16.4. The van der Waals surface area contributed by atoms with Gasteiger partial charge < -0.3 is 0 Å². The highest BCUT2D eigenvalue weighted by Crippen LogP contribution is 2.31. The zero-order valence-corrected chi connectivity index (χ0v) is 13.7. The van der Waals surface area contributed by atoms with Crippen molar-refractivity contribution in [3.63, 3.8) is 0 Å². The Bertz CT molecular complexity index is 903. The number of para-hydroxylation sites is 1. The predicted molar refractivity (Wildman–Crippen MR) is 91.8 cm³/mol. The van der Waals surface area contributed by atoms with Crippen LogP contribution in [-0.4, -0.2) is 10.2 Å². The number of carbonyl (C=O) groups excluding carboxylic acids is 1. The fraction of sp³-hybridized carbons (Fsp3) is 0.111. The molecule has 0 atom stereocenters. The molecule has 0 amide bonds. The molecule has 0 spiro atoms. The molecule has 0 aliphatic carbocycles. The molecule has 0 fully saturated rings. The number of benzene rings is 2. The summed E-state index contributed by atoms with van der Waals surface area (Å²) in [5, 5.41) is 0.657. The van der Waals surface area contributed by atoms with E-state index >= 15 is 0 Å². The Morgan fingerprint density at radius 3 is 2.55 bits per heavy atom. The normalized spacial score (nSPS) is 10.9. The number of aryl methyl sites for hydroxylation is 2. The van der Waals surface area contributed by atoms with Crippen molar-refractivity contribution < 1.29 is 4.79 Å². The lowest BCUT2D eigenvalue weighted by Crippen LogP contribution is -1.97. The van der Waals surface area contributed by atoms with Crippen molar-refractivity contribution in [1.82, 2.24) is 4.98 Å². The van der Waals surface area contributed by atoms with Crippen LogP contribution in [0.2, 0.25) is 5.02 Å². The van der Waals surface area contributed by atoms with Crippen LogP contribution in [0, 0.1) is 13.8 Å². The lowest BCUT2D eigenvalue weighted by atomic mass is 10.00. The van der Waals surface area contributed by atoms with Crippen molar-refractivity contribution in [2.24, 2.45) is 0 Å². The summed E-state index contributed by atoms with van der Waals surface area (Å²) in [6.45, 7) is 4.05. The maximum absolute atomic E-state index is 11.8. The van der Waals surface area contributed by atoms with Crippen molar-refractivity contribution in [2.75, 3.05) is 0 Å². The van der Waals surface area contributed by atoms with Gasteiger partial charge in [-0.1, -0.05) is 47.5 Å². The number of halogens is 2. The van der Waals surface area contributed by atoms with Gasteiger partial charge in [0.2, 0.25) is 0 Å². The predicted octanol–water partition coefficient (Wildman–Crippen LogP) is 5.55. The lowest BCUT2D eigenvalue weighted by Gasteiger charge is -2.11. The second-order valence-electron chi connectivity index (χ2n) is 5.28. The van der Waals surface area contributed by atoms with Crippen LogP contribution in [0.25, 0.3) is 22.2 Å². The minimum absolute atomic E-state index is 0.421. The average Bonchev–Trinajstić information content (AvgIpc) is 2.47. The molecule has 0 N–H and O–H groups in total. The third-order valence-electron chi connectivity index (χ3n) is 3.66. The lowest BCUT2D eigenvalue weighted by molar-refractivity contribution is 0.108. The van der Waals surface area contributed by atoms with Gasteiger partial charge in [-0.3, -0.25) is 4.79 Å². The topological polar surface area (TPSA) is 30.0 Å². The van der Waals surface area contributed by atoms with Crippen molar-refractivity contribution in [1.29, 1.82) is 0 Å². The van der Waals surface area contributed by atoms with E-state index in [0.29, 0.717) is 27.2 Å². The van der Waals surface area contributed by atoms with Crippen LogP contribution >= 0.6 is 23.2 Å². The Labute approximate surface area is 138 Å². The number of pyridine rings is 1. The van der Waals surface area contributed by atoms with Gasteiger partial charge in [0.15, 0.2) is 0 Å². The maximum Gasteiger partial charge on any atom is 0.253 e. The van der Waals surface area contributed by atoms with Gasteiger partial charge in [0.25, 0.3) is 5.24 Å². The van der Waals surface area contributed by atoms with Gasteiger partial charge in [-0.05, 0) is 43.1 Å². The van der Waals surface area contributed by atoms with E-state index < -0.39 is 5.24 Å². The van der Waals surface area contributed by atoms with Crippen LogP contribution < -0.4 is 0 Å². The highest BCUT2D eigenvalue weighted by atomic mass is 35.5. The molecule has 0 radical (unpaired) electrons. The molecular formula is C18H13Cl2NO. The molecule has 3 aromatic rings. The molecule has 1 aromatic heterocycles. The average molecular weight is 330 g/mol. The smallest absolute Gasteiger partial charge is 0.253 e. The van der Waals surface area contributed by atoms with E-state index in [4.69, 9.17) is 23.2 Å². The summed E-state index contributed by atoms with van der Waals surface area (Å²) in [7, 11) is 0. The number of fused-ring (bicyclic) bond motifs is 1. The summed E-state index contributed by atoms with van der Waals surface area (Å²) in [6, 6.07) is 13.2. The fourth-order valence-corrected chi connectivity index (χ4v) is 2.99. The first kappa shape index (κ1) is 15.0. The van der Waals surface area contributed by atoms with Gasteiger partial charge in [-0.25, -0.2) is 4.98 Å². The Morgan fingerprint density at radius 1 is 1.09 bits per heavy atom. The molecule has 0 aliphatic heterocycles. The summed E-state index contributed by atoms with van der Waals surface area (Å²) >= 11 is 12.0. The second-order valence-corrected chi connectivity index (χ2v) is 6.03. The highest BCUT2D eigenvalue weighted by Gasteiger charge is 2.14.